The van der Waals surface area contributed by atoms with Gasteiger partial charge in [0, 0.05) is 6.26 Å². The average molecular weight is 180 g/mol. The molecule has 0 aromatic rings. The van der Waals surface area contributed by atoms with E-state index in [1.54, 1.807) is 11.5 Å². The van der Waals surface area contributed by atoms with Crippen LogP contribution in [0, 0.1) is 0 Å². The summed E-state index contributed by atoms with van der Waals surface area (Å²) in [7, 11) is -3.04. The number of rotatable bonds is 1. The van der Waals surface area contributed by atoms with Gasteiger partial charge in [-0.25, -0.2) is 8.42 Å². The lowest BCUT2D eigenvalue weighted by atomic mass is 10.7. The van der Waals surface area contributed by atoms with E-state index in [2.05, 4.69) is 0 Å². The molecule has 1 unspecified atom stereocenters. The van der Waals surface area contributed by atoms with Crippen molar-refractivity contribution in [3.63, 3.8) is 0 Å². The zero-order chi connectivity index (χ0) is 7.61. The van der Waals surface area contributed by atoms with Crippen LogP contribution in [-0.4, -0.2) is 26.0 Å². The first-order valence-electron chi connectivity index (χ1n) is 2.71. The minimum atomic E-state index is -3.04. The lowest BCUT2D eigenvalue weighted by molar-refractivity contribution is 0.185. The Morgan fingerprint density at radius 2 is 2.40 bits per heavy atom. The Hall–Kier alpha value is -0.000000000000000111. The molecule has 0 radical (unpaired) electrons. The number of sulfone groups is 1. The first-order chi connectivity index (χ1) is 4.61. The van der Waals surface area contributed by atoms with Crippen LogP contribution in [0.15, 0.2) is 11.5 Å². The fourth-order valence-electron chi connectivity index (χ4n) is 0.557. The van der Waals surface area contributed by atoms with Gasteiger partial charge in [-0.3, -0.25) is 0 Å². The Labute approximate surface area is 64.4 Å². The zero-order valence-electron chi connectivity index (χ0n) is 5.48. The standard InChI is InChI=1S/C5H8O3S2/c1-10(6,7)5-8-3-2-4-9-5/h2,4-5H,3H2,1H3. The van der Waals surface area contributed by atoms with Gasteiger partial charge in [-0.1, -0.05) is 17.8 Å². The second-order valence-corrected chi connectivity index (χ2v) is 5.32. The summed E-state index contributed by atoms with van der Waals surface area (Å²) >= 11 is 1.18. The van der Waals surface area contributed by atoms with Crippen molar-refractivity contribution < 1.29 is 13.2 Å². The van der Waals surface area contributed by atoms with E-state index in [0.29, 0.717) is 6.61 Å². The van der Waals surface area contributed by atoms with Gasteiger partial charge in [0.1, 0.15) is 0 Å². The van der Waals surface area contributed by atoms with Crippen molar-refractivity contribution in [1.29, 1.82) is 0 Å². The smallest absolute Gasteiger partial charge is 0.208 e. The van der Waals surface area contributed by atoms with Crippen molar-refractivity contribution >= 4 is 21.6 Å². The molecular formula is C5H8O3S2. The van der Waals surface area contributed by atoms with Gasteiger partial charge in [0.25, 0.3) is 0 Å². The van der Waals surface area contributed by atoms with Crippen LogP contribution < -0.4 is 0 Å². The molecule has 0 saturated carbocycles. The molecule has 0 bridgehead atoms. The molecule has 0 fully saturated rings. The van der Waals surface area contributed by atoms with Crippen molar-refractivity contribution in [2.24, 2.45) is 0 Å². The topological polar surface area (TPSA) is 43.4 Å². The number of thioether (sulfide) groups is 1. The summed E-state index contributed by atoms with van der Waals surface area (Å²) in [6.45, 7) is 0.394. The molecule has 0 aromatic heterocycles. The Bertz CT molecular complexity index is 229. The predicted molar refractivity (Wildman–Crippen MR) is 41.3 cm³/mol. The van der Waals surface area contributed by atoms with E-state index in [0.717, 1.165) is 0 Å². The molecule has 5 heteroatoms. The third-order valence-corrected chi connectivity index (χ3v) is 3.89. The molecule has 0 aromatic carbocycles. The highest BCUT2D eigenvalue weighted by Crippen LogP contribution is 2.22. The van der Waals surface area contributed by atoms with Gasteiger partial charge in [0.2, 0.25) is 4.77 Å². The lowest BCUT2D eigenvalue weighted by Crippen LogP contribution is -2.20. The molecule has 3 nitrogen and oxygen atoms in total. The van der Waals surface area contributed by atoms with Gasteiger partial charge in [-0.2, -0.15) is 0 Å². The largest absolute Gasteiger partial charge is 0.348 e. The van der Waals surface area contributed by atoms with Gasteiger partial charge < -0.3 is 4.74 Å². The van der Waals surface area contributed by atoms with Gasteiger partial charge in [0.05, 0.1) is 6.61 Å². The Kier molecular flexibility index (Phi) is 2.38. The predicted octanol–water partition coefficient (Wildman–Crippen LogP) is 0.592. The summed E-state index contributed by atoms with van der Waals surface area (Å²) < 4.78 is 25.8. The maximum atomic E-state index is 10.8. The normalized spacial score (nSPS) is 26.7. The van der Waals surface area contributed by atoms with Crippen molar-refractivity contribution in [1.82, 2.24) is 0 Å². The molecule has 1 aliphatic heterocycles. The van der Waals surface area contributed by atoms with Gasteiger partial charge in [-0.05, 0) is 5.41 Å². The molecule has 1 aliphatic rings. The molecule has 0 aliphatic carbocycles. The average Bonchev–Trinajstić information content (AvgIpc) is 1.88. The zero-order valence-corrected chi connectivity index (χ0v) is 7.11. The minimum Gasteiger partial charge on any atom is -0.348 e. The van der Waals surface area contributed by atoms with Gasteiger partial charge in [0.15, 0.2) is 9.84 Å². The van der Waals surface area contributed by atoms with E-state index in [1.165, 1.54) is 18.0 Å². The third kappa shape index (κ3) is 2.00. The summed E-state index contributed by atoms with van der Waals surface area (Å²) in [5.41, 5.74) is 0. The van der Waals surface area contributed by atoms with Crippen LogP contribution >= 0.6 is 11.8 Å². The monoisotopic (exact) mass is 180 g/mol. The molecule has 1 heterocycles. The molecule has 0 amide bonds. The quantitative estimate of drug-likeness (QED) is 0.592. The molecule has 1 rings (SSSR count). The molecular weight excluding hydrogens is 172 g/mol. The highest BCUT2D eigenvalue weighted by atomic mass is 32.3. The van der Waals surface area contributed by atoms with Crippen LogP contribution in [0.4, 0.5) is 0 Å². The summed E-state index contributed by atoms with van der Waals surface area (Å²) in [4.78, 5) is 0. The van der Waals surface area contributed by atoms with Crippen LogP contribution in [-0.2, 0) is 14.6 Å². The van der Waals surface area contributed by atoms with Crippen LogP contribution in [0.5, 0.6) is 0 Å². The maximum absolute atomic E-state index is 10.8. The minimum absolute atomic E-state index is 0.394. The fraction of sp³-hybridized carbons (Fsp3) is 0.600. The van der Waals surface area contributed by atoms with Crippen molar-refractivity contribution in [3.05, 3.63) is 11.5 Å². The number of ether oxygens (including phenoxy) is 1. The summed E-state index contributed by atoms with van der Waals surface area (Å²) in [6, 6.07) is 0. The van der Waals surface area contributed by atoms with Gasteiger partial charge >= 0.3 is 0 Å². The van der Waals surface area contributed by atoms with Crippen LogP contribution in [0.25, 0.3) is 0 Å². The Morgan fingerprint density at radius 3 is 2.70 bits per heavy atom. The van der Waals surface area contributed by atoms with Crippen LogP contribution in [0.3, 0.4) is 0 Å². The summed E-state index contributed by atoms with van der Waals surface area (Å²) in [6.07, 6.45) is 2.95. The maximum Gasteiger partial charge on any atom is 0.208 e. The first kappa shape index (κ1) is 8.10. The molecule has 0 N–H and O–H groups in total. The number of hydrogen-bond acceptors (Lipinski definition) is 4. The van der Waals surface area contributed by atoms with E-state index in [1.807, 2.05) is 0 Å². The second-order valence-electron chi connectivity index (χ2n) is 1.96. The third-order valence-electron chi connectivity index (χ3n) is 0.964. The SMILES string of the molecule is CS(=O)(=O)C1OCC=CS1. The fourth-order valence-corrected chi connectivity index (χ4v) is 2.36. The summed E-state index contributed by atoms with van der Waals surface area (Å²) in [5.74, 6) is 0. The van der Waals surface area contributed by atoms with E-state index in [4.69, 9.17) is 4.74 Å². The Morgan fingerprint density at radius 1 is 1.70 bits per heavy atom. The van der Waals surface area contributed by atoms with E-state index >= 15 is 0 Å². The first-order valence-corrected chi connectivity index (χ1v) is 5.61. The lowest BCUT2D eigenvalue weighted by Gasteiger charge is -2.15. The molecule has 1 atom stereocenters. The van der Waals surface area contributed by atoms with Crippen molar-refractivity contribution in [2.45, 2.75) is 4.77 Å². The van der Waals surface area contributed by atoms with E-state index < -0.39 is 14.6 Å². The highest BCUT2D eigenvalue weighted by Gasteiger charge is 2.21. The molecule has 0 spiro atoms. The van der Waals surface area contributed by atoms with Crippen LogP contribution in [0.2, 0.25) is 0 Å². The van der Waals surface area contributed by atoms with Gasteiger partial charge in [-0.15, -0.1) is 0 Å². The molecule has 58 valence electrons. The van der Waals surface area contributed by atoms with E-state index in [-0.39, 0.29) is 0 Å². The highest BCUT2D eigenvalue weighted by molar-refractivity contribution is 8.14. The summed E-state index contributed by atoms with van der Waals surface area (Å²) in [5, 5.41) is 1.75. The van der Waals surface area contributed by atoms with E-state index in [9.17, 15) is 8.42 Å². The second kappa shape index (κ2) is 2.94. The Balaban J connectivity index is 2.67. The van der Waals surface area contributed by atoms with Crippen molar-refractivity contribution in [2.75, 3.05) is 12.9 Å². The number of hydrogen-bond donors (Lipinski definition) is 0. The van der Waals surface area contributed by atoms with Crippen molar-refractivity contribution in [3.8, 4) is 0 Å². The van der Waals surface area contributed by atoms with Crippen LogP contribution in [0.1, 0.15) is 0 Å². The molecule has 10 heavy (non-hydrogen) atoms. The molecule has 0 saturated heterocycles.